The SMILES string of the molecule is CC(C)Sc1ccccc1C(=O)NCCNC(=O)c1ccco1. The maximum atomic E-state index is 12.3. The van der Waals surface area contributed by atoms with Gasteiger partial charge < -0.3 is 15.1 Å². The molecule has 0 bridgehead atoms. The first-order valence-electron chi connectivity index (χ1n) is 7.43. The van der Waals surface area contributed by atoms with E-state index in [0.29, 0.717) is 23.9 Å². The summed E-state index contributed by atoms with van der Waals surface area (Å²) < 4.78 is 4.99. The summed E-state index contributed by atoms with van der Waals surface area (Å²) in [6, 6.07) is 10.8. The summed E-state index contributed by atoms with van der Waals surface area (Å²) in [6.07, 6.45) is 1.44. The molecule has 0 saturated heterocycles. The van der Waals surface area contributed by atoms with Gasteiger partial charge in [0.05, 0.1) is 11.8 Å². The Kier molecular flexibility index (Phi) is 6.29. The van der Waals surface area contributed by atoms with Crippen LogP contribution < -0.4 is 10.6 Å². The van der Waals surface area contributed by atoms with Gasteiger partial charge in [-0.3, -0.25) is 9.59 Å². The Labute approximate surface area is 139 Å². The molecule has 0 aliphatic heterocycles. The number of carbonyl (C=O) groups excluding carboxylic acids is 2. The number of carbonyl (C=O) groups is 2. The number of rotatable bonds is 7. The number of furan rings is 1. The van der Waals surface area contributed by atoms with Crippen LogP contribution in [0.5, 0.6) is 0 Å². The Balaban J connectivity index is 1.82. The molecule has 0 fully saturated rings. The minimum absolute atomic E-state index is 0.138. The molecule has 23 heavy (non-hydrogen) atoms. The van der Waals surface area contributed by atoms with Crippen molar-refractivity contribution in [2.45, 2.75) is 24.0 Å². The summed E-state index contributed by atoms with van der Waals surface area (Å²) >= 11 is 1.65. The molecule has 0 atom stereocenters. The van der Waals surface area contributed by atoms with Crippen molar-refractivity contribution in [1.82, 2.24) is 10.6 Å². The van der Waals surface area contributed by atoms with Gasteiger partial charge in [0.25, 0.3) is 11.8 Å². The Morgan fingerprint density at radius 1 is 1.04 bits per heavy atom. The van der Waals surface area contributed by atoms with E-state index in [2.05, 4.69) is 24.5 Å². The number of nitrogens with one attached hydrogen (secondary N) is 2. The van der Waals surface area contributed by atoms with Crippen molar-refractivity contribution in [2.75, 3.05) is 13.1 Å². The van der Waals surface area contributed by atoms with E-state index in [1.54, 1.807) is 23.9 Å². The van der Waals surface area contributed by atoms with Crippen LogP contribution in [0.25, 0.3) is 0 Å². The highest BCUT2D eigenvalue weighted by atomic mass is 32.2. The molecular weight excluding hydrogens is 312 g/mol. The normalized spacial score (nSPS) is 10.6. The van der Waals surface area contributed by atoms with Crippen LogP contribution in [-0.4, -0.2) is 30.2 Å². The van der Waals surface area contributed by atoms with Gasteiger partial charge in [-0.2, -0.15) is 0 Å². The van der Waals surface area contributed by atoms with Crippen LogP contribution in [0.1, 0.15) is 34.8 Å². The first-order valence-corrected chi connectivity index (χ1v) is 8.31. The maximum Gasteiger partial charge on any atom is 0.287 e. The molecule has 0 unspecified atom stereocenters. The Morgan fingerprint density at radius 3 is 2.39 bits per heavy atom. The van der Waals surface area contributed by atoms with E-state index >= 15 is 0 Å². The molecule has 2 aromatic rings. The summed E-state index contributed by atoms with van der Waals surface area (Å²) in [6.45, 7) is 4.86. The summed E-state index contributed by atoms with van der Waals surface area (Å²) in [5.41, 5.74) is 0.656. The quantitative estimate of drug-likeness (QED) is 0.604. The van der Waals surface area contributed by atoms with Crippen LogP contribution in [0.3, 0.4) is 0 Å². The lowest BCUT2D eigenvalue weighted by Gasteiger charge is -2.11. The molecule has 2 amide bonds. The monoisotopic (exact) mass is 332 g/mol. The molecule has 0 radical (unpaired) electrons. The molecule has 0 spiro atoms. The van der Waals surface area contributed by atoms with E-state index < -0.39 is 0 Å². The van der Waals surface area contributed by atoms with E-state index in [9.17, 15) is 9.59 Å². The van der Waals surface area contributed by atoms with Crippen LogP contribution in [0.15, 0.2) is 52.0 Å². The molecule has 2 N–H and O–H groups in total. The highest BCUT2D eigenvalue weighted by molar-refractivity contribution is 8.00. The smallest absolute Gasteiger partial charge is 0.287 e. The van der Waals surface area contributed by atoms with Crippen molar-refractivity contribution in [1.29, 1.82) is 0 Å². The standard InChI is InChI=1S/C17H20N2O3S/c1-12(2)23-15-8-4-3-6-13(15)16(20)18-9-10-19-17(21)14-7-5-11-22-14/h3-8,11-12H,9-10H2,1-2H3,(H,18,20)(H,19,21). The van der Waals surface area contributed by atoms with Crippen LogP contribution in [0.2, 0.25) is 0 Å². The van der Waals surface area contributed by atoms with Crippen molar-refractivity contribution in [3.05, 3.63) is 54.0 Å². The molecule has 122 valence electrons. The number of benzene rings is 1. The van der Waals surface area contributed by atoms with Crippen molar-refractivity contribution in [2.24, 2.45) is 0 Å². The molecule has 0 saturated carbocycles. The zero-order chi connectivity index (χ0) is 16.7. The first-order chi connectivity index (χ1) is 11.1. The first kappa shape index (κ1) is 17.1. The number of thioether (sulfide) groups is 1. The van der Waals surface area contributed by atoms with E-state index in [0.717, 1.165) is 4.90 Å². The third kappa shape index (κ3) is 5.17. The highest BCUT2D eigenvalue weighted by Crippen LogP contribution is 2.26. The molecule has 5 nitrogen and oxygen atoms in total. The van der Waals surface area contributed by atoms with Gasteiger partial charge >= 0.3 is 0 Å². The topological polar surface area (TPSA) is 71.3 Å². The number of hydrogen-bond donors (Lipinski definition) is 2. The molecule has 1 aromatic carbocycles. The van der Waals surface area contributed by atoms with Crippen molar-refractivity contribution in [3.63, 3.8) is 0 Å². The third-order valence-corrected chi connectivity index (χ3v) is 4.02. The van der Waals surface area contributed by atoms with Crippen molar-refractivity contribution in [3.8, 4) is 0 Å². The average Bonchev–Trinajstić information content (AvgIpc) is 3.05. The fourth-order valence-electron chi connectivity index (χ4n) is 1.95. The van der Waals surface area contributed by atoms with E-state index in [1.165, 1.54) is 6.26 Å². The van der Waals surface area contributed by atoms with Gasteiger partial charge in [0.1, 0.15) is 0 Å². The molecule has 6 heteroatoms. The van der Waals surface area contributed by atoms with Gasteiger partial charge in [0.2, 0.25) is 0 Å². The second-order valence-corrected chi connectivity index (χ2v) is 6.77. The summed E-state index contributed by atoms with van der Waals surface area (Å²) in [7, 11) is 0. The maximum absolute atomic E-state index is 12.3. The van der Waals surface area contributed by atoms with E-state index in [-0.39, 0.29) is 17.6 Å². The lowest BCUT2D eigenvalue weighted by atomic mass is 10.2. The van der Waals surface area contributed by atoms with Gasteiger partial charge in [-0.05, 0) is 24.3 Å². The van der Waals surface area contributed by atoms with E-state index in [4.69, 9.17) is 4.42 Å². The molecule has 0 aliphatic rings. The predicted octanol–water partition coefficient (Wildman–Crippen LogP) is 2.94. The highest BCUT2D eigenvalue weighted by Gasteiger charge is 2.12. The minimum Gasteiger partial charge on any atom is -0.459 e. The Morgan fingerprint density at radius 2 is 1.74 bits per heavy atom. The average molecular weight is 332 g/mol. The van der Waals surface area contributed by atoms with Crippen LogP contribution in [-0.2, 0) is 0 Å². The number of hydrogen-bond acceptors (Lipinski definition) is 4. The van der Waals surface area contributed by atoms with Crippen LogP contribution in [0.4, 0.5) is 0 Å². The Hall–Kier alpha value is -2.21. The number of amides is 2. The zero-order valence-corrected chi connectivity index (χ0v) is 14.0. The lowest BCUT2D eigenvalue weighted by Crippen LogP contribution is -2.34. The largest absolute Gasteiger partial charge is 0.459 e. The minimum atomic E-state index is -0.292. The molecule has 2 rings (SSSR count). The second kappa shape index (κ2) is 8.43. The second-order valence-electron chi connectivity index (χ2n) is 5.15. The van der Waals surface area contributed by atoms with Gasteiger partial charge in [0.15, 0.2) is 5.76 Å². The zero-order valence-electron chi connectivity index (χ0n) is 13.2. The lowest BCUT2D eigenvalue weighted by molar-refractivity contribution is 0.0910. The third-order valence-electron chi connectivity index (χ3n) is 2.94. The van der Waals surface area contributed by atoms with Gasteiger partial charge in [-0.25, -0.2) is 0 Å². The van der Waals surface area contributed by atoms with Crippen LogP contribution in [0, 0.1) is 0 Å². The summed E-state index contributed by atoms with van der Waals surface area (Å²) in [5.74, 6) is -0.170. The molecule has 0 aliphatic carbocycles. The molecular formula is C17H20N2O3S. The fourth-order valence-corrected chi connectivity index (χ4v) is 2.91. The fraction of sp³-hybridized carbons (Fsp3) is 0.294. The Bertz CT molecular complexity index is 654. The van der Waals surface area contributed by atoms with Crippen molar-refractivity contribution < 1.29 is 14.0 Å². The van der Waals surface area contributed by atoms with Gasteiger partial charge in [0, 0.05) is 23.2 Å². The summed E-state index contributed by atoms with van der Waals surface area (Å²) in [5, 5.41) is 5.90. The molecule has 1 aromatic heterocycles. The predicted molar refractivity (Wildman–Crippen MR) is 90.8 cm³/mol. The summed E-state index contributed by atoms with van der Waals surface area (Å²) in [4.78, 5) is 24.9. The van der Waals surface area contributed by atoms with Gasteiger partial charge in [-0.15, -0.1) is 11.8 Å². The van der Waals surface area contributed by atoms with Gasteiger partial charge in [-0.1, -0.05) is 26.0 Å². The van der Waals surface area contributed by atoms with Crippen LogP contribution >= 0.6 is 11.8 Å². The molecule has 1 heterocycles. The van der Waals surface area contributed by atoms with Crippen molar-refractivity contribution >= 4 is 23.6 Å². The van der Waals surface area contributed by atoms with E-state index in [1.807, 2.05) is 24.3 Å².